The molecule has 1 N–H and O–H groups in total. The second kappa shape index (κ2) is 24.3. The molecular formula is C53H75BrN6O4. The lowest BCUT2D eigenvalue weighted by molar-refractivity contribution is -0.142. The van der Waals surface area contributed by atoms with E-state index in [1.54, 1.807) is 0 Å². The summed E-state index contributed by atoms with van der Waals surface area (Å²) >= 11 is 3.28. The number of aromatic nitrogens is 2. The van der Waals surface area contributed by atoms with Gasteiger partial charge in [0.2, 0.25) is 0 Å². The summed E-state index contributed by atoms with van der Waals surface area (Å²) in [5.74, 6) is 1.80. The third-order valence-electron chi connectivity index (χ3n) is 12.9. The predicted molar refractivity (Wildman–Crippen MR) is 268 cm³/mol. The van der Waals surface area contributed by atoms with Gasteiger partial charge in [0.05, 0.1) is 24.6 Å². The molecule has 0 saturated carbocycles. The highest BCUT2D eigenvalue weighted by atomic mass is 79.9. The van der Waals surface area contributed by atoms with Crippen molar-refractivity contribution in [3.05, 3.63) is 95.1 Å². The first kappa shape index (κ1) is 50.7. The summed E-state index contributed by atoms with van der Waals surface area (Å²) in [7, 11) is 0. The van der Waals surface area contributed by atoms with E-state index < -0.39 is 0 Å². The highest BCUT2D eigenvalue weighted by Crippen LogP contribution is 2.41. The standard InChI is InChI=1S/C26H35N3O2.C20H25N3.C6H11BrO2.CH4/c1-20(30)31-18-5-4-13-28-14-16-29(17-15-28)25-8-6-7-24(27-25)22-10-9-21-11-12-26(2,3)23(21)19-22;1-20(2)9-8-15-6-7-16(14-17(15)20)18-4-3-5-19(22-18)23-12-10-21-11-13-23;1-6(8)9-5-3-2-4-7;/h6-10,19H,4-5,11-18H2,1-3H3;3-7,14,21H,8-13H2,1-2H3;2-5H2,1H3;1H4. The van der Waals surface area contributed by atoms with E-state index in [2.05, 4.69) is 141 Å². The summed E-state index contributed by atoms with van der Waals surface area (Å²) in [5.41, 5.74) is 11.2. The number of nitrogens with one attached hydrogen (secondary N) is 1. The molecule has 0 spiro atoms. The topological polar surface area (TPSA) is 100 Å². The molecule has 64 heavy (non-hydrogen) atoms. The lowest BCUT2D eigenvalue weighted by Crippen LogP contribution is -2.47. The molecule has 4 heterocycles. The molecule has 2 aliphatic heterocycles. The van der Waals surface area contributed by atoms with Gasteiger partial charge < -0.3 is 24.6 Å². The lowest BCUT2D eigenvalue weighted by atomic mass is 9.85. The van der Waals surface area contributed by atoms with E-state index in [9.17, 15) is 9.59 Å². The zero-order chi connectivity index (χ0) is 44.8. The molecule has 2 fully saturated rings. The van der Waals surface area contributed by atoms with E-state index in [-0.39, 0.29) is 24.8 Å². The maximum Gasteiger partial charge on any atom is 0.302 e. The minimum Gasteiger partial charge on any atom is -0.466 e. The van der Waals surface area contributed by atoms with Crippen molar-refractivity contribution in [3.8, 4) is 22.5 Å². The number of ether oxygens (including phenoxy) is 2. The Bertz CT molecular complexity index is 2110. The minimum atomic E-state index is -0.190. The molecule has 0 amide bonds. The van der Waals surface area contributed by atoms with Crippen LogP contribution in [0, 0.1) is 0 Å². The summed E-state index contributed by atoms with van der Waals surface area (Å²) in [5, 5.41) is 4.38. The first-order valence-corrected chi connectivity index (χ1v) is 24.4. The Morgan fingerprint density at radius 3 is 1.58 bits per heavy atom. The zero-order valence-electron chi connectivity index (χ0n) is 38.8. The molecule has 4 aliphatic rings. The second-order valence-corrected chi connectivity index (χ2v) is 19.4. The van der Waals surface area contributed by atoms with Crippen LogP contribution in [0.5, 0.6) is 0 Å². The van der Waals surface area contributed by atoms with Gasteiger partial charge >= 0.3 is 11.9 Å². The number of esters is 2. The number of pyridine rings is 2. The van der Waals surface area contributed by atoms with Crippen molar-refractivity contribution in [1.82, 2.24) is 20.2 Å². The van der Waals surface area contributed by atoms with Crippen molar-refractivity contribution in [3.63, 3.8) is 0 Å². The fourth-order valence-electron chi connectivity index (χ4n) is 9.01. The quantitative estimate of drug-likeness (QED) is 0.0793. The number of piperazine rings is 2. The fourth-order valence-corrected chi connectivity index (χ4v) is 9.41. The van der Waals surface area contributed by atoms with Gasteiger partial charge in [0.1, 0.15) is 11.6 Å². The smallest absolute Gasteiger partial charge is 0.302 e. The van der Waals surface area contributed by atoms with Crippen molar-refractivity contribution in [1.29, 1.82) is 0 Å². The molecule has 2 saturated heterocycles. The van der Waals surface area contributed by atoms with Gasteiger partial charge in [0.15, 0.2) is 0 Å². The number of anilines is 2. The fraction of sp³-hybridized carbons (Fsp3) is 0.547. The molecule has 2 aliphatic carbocycles. The summed E-state index contributed by atoms with van der Waals surface area (Å²) in [4.78, 5) is 38.2. The number of alkyl halides is 1. The van der Waals surface area contributed by atoms with Crippen LogP contribution in [0.15, 0.2) is 72.8 Å². The van der Waals surface area contributed by atoms with Gasteiger partial charge in [-0.2, -0.15) is 0 Å². The van der Waals surface area contributed by atoms with E-state index in [0.29, 0.717) is 18.6 Å². The van der Waals surface area contributed by atoms with Crippen LogP contribution in [0.3, 0.4) is 0 Å². The normalized spacial score (nSPS) is 17.1. The van der Waals surface area contributed by atoms with Crippen molar-refractivity contribution in [2.75, 3.05) is 87.2 Å². The molecule has 2 aromatic carbocycles. The van der Waals surface area contributed by atoms with Crippen LogP contribution >= 0.6 is 15.9 Å². The molecule has 8 rings (SSSR count). The molecular weight excluding hydrogens is 865 g/mol. The van der Waals surface area contributed by atoms with Gasteiger partial charge in [0, 0.05) is 82.7 Å². The largest absolute Gasteiger partial charge is 0.466 e. The van der Waals surface area contributed by atoms with Crippen LogP contribution in [-0.2, 0) is 42.7 Å². The molecule has 4 aromatic rings. The van der Waals surface area contributed by atoms with E-state index in [1.807, 2.05) is 0 Å². The van der Waals surface area contributed by atoms with Gasteiger partial charge in [-0.25, -0.2) is 9.97 Å². The van der Waals surface area contributed by atoms with Gasteiger partial charge in [-0.3, -0.25) is 14.5 Å². The number of hydrogen-bond acceptors (Lipinski definition) is 10. The molecule has 0 unspecified atom stereocenters. The molecule has 2 aromatic heterocycles. The predicted octanol–water partition coefficient (Wildman–Crippen LogP) is 10.2. The van der Waals surface area contributed by atoms with E-state index in [1.165, 1.54) is 72.9 Å². The number of carbonyl (C=O) groups is 2. The average molecular weight is 940 g/mol. The van der Waals surface area contributed by atoms with Crippen LogP contribution in [0.25, 0.3) is 22.5 Å². The van der Waals surface area contributed by atoms with Crippen LogP contribution in [0.1, 0.15) is 110 Å². The SMILES string of the molecule is C.CC(=O)OCCCCBr.CC(=O)OCCCCN1CCN(c2cccc(-c3ccc4c(c3)C(C)(C)CC4)n2)CC1.CC1(C)CCc2ccc(-c3cccc(N4CCNCC4)n3)cc21. The van der Waals surface area contributed by atoms with Crippen molar-refractivity contribution in [2.45, 2.75) is 111 Å². The highest BCUT2D eigenvalue weighted by Gasteiger charge is 2.31. The first-order chi connectivity index (χ1) is 30.3. The van der Waals surface area contributed by atoms with Crippen LogP contribution in [0.4, 0.5) is 11.6 Å². The zero-order valence-corrected chi connectivity index (χ0v) is 40.4. The summed E-state index contributed by atoms with van der Waals surface area (Å²) in [6, 6.07) is 26.6. The number of nitrogens with zero attached hydrogens (tertiary/aromatic N) is 5. The van der Waals surface area contributed by atoms with Gasteiger partial charge in [0.25, 0.3) is 0 Å². The number of unbranched alkanes of at least 4 members (excludes halogenated alkanes) is 2. The third-order valence-corrected chi connectivity index (χ3v) is 13.5. The van der Waals surface area contributed by atoms with E-state index in [4.69, 9.17) is 14.7 Å². The Morgan fingerprint density at radius 1 is 0.641 bits per heavy atom. The summed E-state index contributed by atoms with van der Waals surface area (Å²) in [6.07, 6.45) is 8.88. The van der Waals surface area contributed by atoms with E-state index in [0.717, 1.165) is 113 Å². The van der Waals surface area contributed by atoms with Crippen LogP contribution in [0.2, 0.25) is 0 Å². The molecule has 0 radical (unpaired) electrons. The number of carbonyl (C=O) groups excluding carboxylic acids is 2. The molecule has 10 nitrogen and oxygen atoms in total. The molecule has 11 heteroatoms. The molecule has 348 valence electrons. The Kier molecular flexibility index (Phi) is 19.2. The number of fused-ring (bicyclic) bond motifs is 2. The van der Waals surface area contributed by atoms with Crippen molar-refractivity contribution >= 4 is 39.5 Å². The number of halogens is 1. The number of benzene rings is 2. The van der Waals surface area contributed by atoms with Gasteiger partial charge in [-0.05, 0) is 127 Å². The Labute approximate surface area is 393 Å². The number of aryl methyl sites for hydroxylation is 2. The van der Waals surface area contributed by atoms with Crippen LogP contribution < -0.4 is 15.1 Å². The monoisotopic (exact) mass is 939 g/mol. The number of rotatable bonds is 13. The van der Waals surface area contributed by atoms with E-state index >= 15 is 0 Å². The van der Waals surface area contributed by atoms with Crippen LogP contribution in [-0.4, -0.2) is 104 Å². The van der Waals surface area contributed by atoms with Gasteiger partial charge in [-0.1, -0.05) is 87.4 Å². The second-order valence-electron chi connectivity index (χ2n) is 18.6. The minimum absolute atomic E-state index is 0. The third kappa shape index (κ3) is 14.3. The Hall–Kier alpha value is -4.32. The van der Waals surface area contributed by atoms with Crippen molar-refractivity contribution < 1.29 is 19.1 Å². The van der Waals surface area contributed by atoms with Gasteiger partial charge in [-0.15, -0.1) is 0 Å². The van der Waals surface area contributed by atoms with Crippen molar-refractivity contribution in [2.24, 2.45) is 0 Å². The Balaban J connectivity index is 0.000000205. The Morgan fingerprint density at radius 2 is 1.11 bits per heavy atom. The average Bonchev–Trinajstić information content (AvgIpc) is 3.78. The lowest BCUT2D eigenvalue weighted by Gasteiger charge is -2.35. The molecule has 0 atom stereocenters. The summed E-state index contributed by atoms with van der Waals surface area (Å²) in [6.45, 7) is 22.7. The first-order valence-electron chi connectivity index (χ1n) is 23.3. The molecule has 0 bridgehead atoms. The number of hydrogen-bond donors (Lipinski definition) is 1. The maximum absolute atomic E-state index is 10.8. The highest BCUT2D eigenvalue weighted by molar-refractivity contribution is 9.09. The summed E-state index contributed by atoms with van der Waals surface area (Å²) < 4.78 is 9.70. The maximum atomic E-state index is 10.8.